The van der Waals surface area contributed by atoms with Crippen LogP contribution in [0.1, 0.15) is 29.8 Å². The van der Waals surface area contributed by atoms with Crippen molar-refractivity contribution in [3.8, 4) is 0 Å². The van der Waals surface area contributed by atoms with E-state index in [2.05, 4.69) is 5.32 Å². The quantitative estimate of drug-likeness (QED) is 0.912. The van der Waals surface area contributed by atoms with Crippen molar-refractivity contribution in [2.75, 3.05) is 32.7 Å². The molecule has 2 amide bonds. The molecule has 1 fully saturated rings. The van der Waals surface area contributed by atoms with E-state index in [9.17, 15) is 14.0 Å². The van der Waals surface area contributed by atoms with Gasteiger partial charge in [0.15, 0.2) is 0 Å². The molecule has 0 spiro atoms. The molecule has 0 radical (unpaired) electrons. The second-order valence-electron chi connectivity index (χ2n) is 6.25. The van der Waals surface area contributed by atoms with Crippen molar-refractivity contribution in [1.82, 2.24) is 15.1 Å². The minimum Gasteiger partial charge on any atom is -0.353 e. The van der Waals surface area contributed by atoms with E-state index in [0.29, 0.717) is 38.3 Å². The Labute approximate surface area is 136 Å². The van der Waals surface area contributed by atoms with Gasteiger partial charge in [-0.25, -0.2) is 4.39 Å². The van der Waals surface area contributed by atoms with Crippen LogP contribution in [0.4, 0.5) is 4.39 Å². The Balaban J connectivity index is 1.90. The zero-order valence-corrected chi connectivity index (χ0v) is 13.9. The molecule has 1 aromatic carbocycles. The summed E-state index contributed by atoms with van der Waals surface area (Å²) in [4.78, 5) is 28.0. The van der Waals surface area contributed by atoms with E-state index in [4.69, 9.17) is 0 Å². The Kier molecular flexibility index (Phi) is 5.71. The van der Waals surface area contributed by atoms with Crippen LogP contribution in [0.2, 0.25) is 0 Å². The molecular formula is C17H24FN3O2. The van der Waals surface area contributed by atoms with Gasteiger partial charge in [-0.15, -0.1) is 0 Å². The predicted octanol–water partition coefficient (Wildman–Crippen LogP) is 1.42. The summed E-state index contributed by atoms with van der Waals surface area (Å²) in [5.74, 6) is -0.544. The van der Waals surface area contributed by atoms with Crippen LogP contribution in [0.3, 0.4) is 0 Å². The van der Waals surface area contributed by atoms with Crippen LogP contribution >= 0.6 is 0 Å². The van der Waals surface area contributed by atoms with Gasteiger partial charge in [-0.1, -0.05) is 6.07 Å². The minimum absolute atomic E-state index is 0.000696. The topological polar surface area (TPSA) is 52.7 Å². The normalized spacial score (nSPS) is 15.8. The third-order valence-corrected chi connectivity index (χ3v) is 3.91. The third kappa shape index (κ3) is 4.76. The average molecular weight is 321 g/mol. The Morgan fingerprint density at radius 3 is 2.48 bits per heavy atom. The zero-order valence-electron chi connectivity index (χ0n) is 13.9. The van der Waals surface area contributed by atoms with Crippen LogP contribution in [-0.4, -0.2) is 60.4 Å². The molecule has 1 aromatic rings. The minimum atomic E-state index is -0.400. The van der Waals surface area contributed by atoms with Gasteiger partial charge in [0.1, 0.15) is 5.82 Å². The zero-order chi connectivity index (χ0) is 17.0. The van der Waals surface area contributed by atoms with Gasteiger partial charge in [0.2, 0.25) is 5.91 Å². The van der Waals surface area contributed by atoms with Crippen molar-refractivity contribution in [3.63, 3.8) is 0 Å². The van der Waals surface area contributed by atoms with Crippen LogP contribution < -0.4 is 5.32 Å². The maximum Gasteiger partial charge on any atom is 0.254 e. The third-order valence-electron chi connectivity index (χ3n) is 3.91. The molecule has 5 nitrogen and oxygen atoms in total. The van der Waals surface area contributed by atoms with Gasteiger partial charge in [0.05, 0.1) is 6.54 Å². The number of carbonyl (C=O) groups is 2. The van der Waals surface area contributed by atoms with Crippen LogP contribution in [-0.2, 0) is 4.79 Å². The van der Waals surface area contributed by atoms with Crippen molar-refractivity contribution < 1.29 is 14.0 Å². The summed E-state index contributed by atoms with van der Waals surface area (Å²) in [6.07, 6.45) is 0. The fourth-order valence-corrected chi connectivity index (χ4v) is 2.67. The molecule has 0 bridgehead atoms. The molecule has 1 N–H and O–H groups in total. The lowest BCUT2D eigenvalue weighted by molar-refractivity contribution is -0.123. The number of piperazine rings is 1. The first-order valence-electron chi connectivity index (χ1n) is 7.94. The molecule has 2 rings (SSSR count). The molecular weight excluding hydrogens is 297 g/mol. The number of hydrogen-bond acceptors (Lipinski definition) is 3. The maximum absolute atomic E-state index is 13.4. The molecule has 6 heteroatoms. The Morgan fingerprint density at radius 2 is 1.87 bits per heavy atom. The van der Waals surface area contributed by atoms with Crippen molar-refractivity contribution in [2.24, 2.45) is 0 Å². The van der Waals surface area contributed by atoms with Gasteiger partial charge in [-0.3, -0.25) is 14.5 Å². The van der Waals surface area contributed by atoms with E-state index in [0.717, 1.165) is 5.56 Å². The van der Waals surface area contributed by atoms with Gasteiger partial charge in [0.25, 0.3) is 5.91 Å². The molecule has 0 aliphatic carbocycles. The smallest absolute Gasteiger partial charge is 0.254 e. The van der Waals surface area contributed by atoms with Gasteiger partial charge in [-0.05, 0) is 38.5 Å². The maximum atomic E-state index is 13.4. The molecule has 1 saturated heterocycles. The highest BCUT2D eigenvalue weighted by Gasteiger charge is 2.24. The molecule has 1 aliphatic rings. The summed E-state index contributed by atoms with van der Waals surface area (Å²) in [5, 5.41) is 2.86. The molecule has 1 aliphatic heterocycles. The molecule has 1 heterocycles. The SMILES string of the molecule is Cc1ccc(F)cc1C(=O)N1CCN(CC(=O)NC(C)C)CC1. The van der Waals surface area contributed by atoms with Gasteiger partial charge >= 0.3 is 0 Å². The van der Waals surface area contributed by atoms with Crippen LogP contribution in [0.15, 0.2) is 18.2 Å². The highest BCUT2D eigenvalue weighted by Crippen LogP contribution is 2.14. The lowest BCUT2D eigenvalue weighted by Crippen LogP contribution is -2.51. The number of aryl methyl sites for hydroxylation is 1. The van der Waals surface area contributed by atoms with E-state index in [1.807, 2.05) is 18.7 Å². The molecule has 23 heavy (non-hydrogen) atoms. The second kappa shape index (κ2) is 7.55. The summed E-state index contributed by atoms with van der Waals surface area (Å²) < 4.78 is 13.4. The fourth-order valence-electron chi connectivity index (χ4n) is 2.67. The van der Waals surface area contributed by atoms with Gasteiger partial charge in [0, 0.05) is 37.8 Å². The first-order valence-corrected chi connectivity index (χ1v) is 7.94. The molecule has 0 saturated carbocycles. The lowest BCUT2D eigenvalue weighted by Gasteiger charge is -2.34. The highest BCUT2D eigenvalue weighted by atomic mass is 19.1. The highest BCUT2D eigenvalue weighted by molar-refractivity contribution is 5.95. The average Bonchev–Trinajstić information content (AvgIpc) is 2.49. The number of nitrogens with one attached hydrogen (secondary N) is 1. The van der Waals surface area contributed by atoms with E-state index in [1.54, 1.807) is 17.9 Å². The number of amides is 2. The monoisotopic (exact) mass is 321 g/mol. The lowest BCUT2D eigenvalue weighted by atomic mass is 10.1. The van der Waals surface area contributed by atoms with Crippen molar-refractivity contribution in [1.29, 1.82) is 0 Å². The Morgan fingerprint density at radius 1 is 1.22 bits per heavy atom. The van der Waals surface area contributed by atoms with Crippen molar-refractivity contribution in [2.45, 2.75) is 26.8 Å². The van der Waals surface area contributed by atoms with E-state index in [-0.39, 0.29) is 17.9 Å². The molecule has 0 atom stereocenters. The number of rotatable bonds is 4. The number of halogens is 1. The second-order valence-corrected chi connectivity index (χ2v) is 6.25. The number of carbonyl (C=O) groups excluding carboxylic acids is 2. The Hall–Kier alpha value is -1.95. The fraction of sp³-hybridized carbons (Fsp3) is 0.529. The molecule has 0 aromatic heterocycles. The summed E-state index contributed by atoms with van der Waals surface area (Å²) >= 11 is 0. The van der Waals surface area contributed by atoms with Crippen molar-refractivity contribution in [3.05, 3.63) is 35.1 Å². The summed E-state index contributed by atoms with van der Waals surface area (Å²) in [6.45, 7) is 8.38. The first-order chi connectivity index (χ1) is 10.9. The summed E-state index contributed by atoms with van der Waals surface area (Å²) in [6, 6.07) is 4.40. The number of benzene rings is 1. The molecule has 126 valence electrons. The predicted molar refractivity (Wildman–Crippen MR) is 86.8 cm³/mol. The number of hydrogen-bond donors (Lipinski definition) is 1. The van der Waals surface area contributed by atoms with Gasteiger partial charge in [-0.2, -0.15) is 0 Å². The first kappa shape index (κ1) is 17.4. The van der Waals surface area contributed by atoms with Crippen LogP contribution in [0, 0.1) is 12.7 Å². The van der Waals surface area contributed by atoms with Crippen LogP contribution in [0.25, 0.3) is 0 Å². The largest absolute Gasteiger partial charge is 0.353 e. The standard InChI is InChI=1S/C17H24FN3O2/c1-12(2)19-16(22)11-20-6-8-21(9-7-20)17(23)15-10-14(18)5-4-13(15)3/h4-5,10,12H,6-9,11H2,1-3H3,(H,19,22). The van der Waals surface area contributed by atoms with E-state index in [1.165, 1.54) is 12.1 Å². The summed E-state index contributed by atoms with van der Waals surface area (Å²) in [5.41, 5.74) is 1.19. The van der Waals surface area contributed by atoms with E-state index < -0.39 is 5.82 Å². The van der Waals surface area contributed by atoms with Crippen LogP contribution in [0.5, 0.6) is 0 Å². The van der Waals surface area contributed by atoms with E-state index >= 15 is 0 Å². The van der Waals surface area contributed by atoms with Gasteiger partial charge < -0.3 is 10.2 Å². The summed E-state index contributed by atoms with van der Waals surface area (Å²) in [7, 11) is 0. The number of nitrogens with zero attached hydrogens (tertiary/aromatic N) is 2. The van der Waals surface area contributed by atoms with Crippen molar-refractivity contribution >= 4 is 11.8 Å². The Bertz CT molecular complexity index is 581. The molecule has 0 unspecified atom stereocenters.